The molecule has 0 unspecified atom stereocenters. The maximum absolute atomic E-state index is 12.7. The van der Waals surface area contributed by atoms with Crippen molar-refractivity contribution in [1.82, 2.24) is 0 Å². The van der Waals surface area contributed by atoms with Gasteiger partial charge in [0.2, 0.25) is 0 Å². The SMILES string of the molecule is OC(O)(O)c1cc(F)cc(C(F)(F)F)c1. The van der Waals surface area contributed by atoms with Gasteiger partial charge in [0, 0.05) is 5.56 Å². The molecule has 84 valence electrons. The highest BCUT2D eigenvalue weighted by Crippen LogP contribution is 2.31. The molecule has 3 N–H and O–H groups in total. The average molecular weight is 226 g/mol. The van der Waals surface area contributed by atoms with Gasteiger partial charge in [-0.25, -0.2) is 4.39 Å². The van der Waals surface area contributed by atoms with Crippen LogP contribution in [0.1, 0.15) is 11.1 Å². The van der Waals surface area contributed by atoms with Crippen molar-refractivity contribution in [3.63, 3.8) is 0 Å². The van der Waals surface area contributed by atoms with Gasteiger partial charge < -0.3 is 15.3 Å². The summed E-state index contributed by atoms with van der Waals surface area (Å²) < 4.78 is 49.0. The van der Waals surface area contributed by atoms with Crippen molar-refractivity contribution < 1.29 is 32.9 Å². The second-order valence-corrected chi connectivity index (χ2v) is 2.86. The smallest absolute Gasteiger partial charge is 0.340 e. The van der Waals surface area contributed by atoms with E-state index < -0.39 is 29.1 Å². The summed E-state index contributed by atoms with van der Waals surface area (Å²) in [6, 6.07) is 0.799. The van der Waals surface area contributed by atoms with Crippen molar-refractivity contribution in [2.45, 2.75) is 12.1 Å². The Balaban J connectivity index is 3.30. The van der Waals surface area contributed by atoms with E-state index in [0.29, 0.717) is 6.07 Å². The molecule has 0 aliphatic rings. The van der Waals surface area contributed by atoms with E-state index in [0.717, 1.165) is 0 Å². The van der Waals surface area contributed by atoms with Crippen LogP contribution in [0.2, 0.25) is 0 Å². The van der Waals surface area contributed by atoms with E-state index in [-0.39, 0.29) is 12.1 Å². The topological polar surface area (TPSA) is 60.7 Å². The molecular formula is C8H6F4O3. The van der Waals surface area contributed by atoms with Crippen molar-refractivity contribution in [3.8, 4) is 0 Å². The second kappa shape index (κ2) is 3.44. The quantitative estimate of drug-likeness (QED) is 0.493. The first kappa shape index (κ1) is 11.9. The van der Waals surface area contributed by atoms with Crippen molar-refractivity contribution in [3.05, 3.63) is 35.1 Å². The Bertz CT molecular complexity index is 335. The van der Waals surface area contributed by atoms with Gasteiger partial charge in [0.25, 0.3) is 0 Å². The van der Waals surface area contributed by atoms with Crippen LogP contribution in [-0.2, 0) is 12.1 Å². The summed E-state index contributed by atoms with van der Waals surface area (Å²) in [6.45, 7) is 0. The van der Waals surface area contributed by atoms with Gasteiger partial charge in [-0.3, -0.25) is 0 Å². The van der Waals surface area contributed by atoms with Gasteiger partial charge in [0.1, 0.15) is 5.82 Å². The zero-order valence-electron chi connectivity index (χ0n) is 7.09. The largest absolute Gasteiger partial charge is 0.416 e. The van der Waals surface area contributed by atoms with E-state index in [1.807, 2.05) is 0 Å². The van der Waals surface area contributed by atoms with Crippen molar-refractivity contribution in [2.75, 3.05) is 0 Å². The van der Waals surface area contributed by atoms with Crippen molar-refractivity contribution in [2.24, 2.45) is 0 Å². The first-order valence-corrected chi connectivity index (χ1v) is 3.66. The molecule has 0 bridgehead atoms. The lowest BCUT2D eigenvalue weighted by atomic mass is 10.1. The molecule has 0 fully saturated rings. The number of alkyl halides is 3. The summed E-state index contributed by atoms with van der Waals surface area (Å²) in [5.41, 5.74) is -2.41. The van der Waals surface area contributed by atoms with Gasteiger partial charge in [0.05, 0.1) is 5.56 Å². The highest BCUT2D eigenvalue weighted by molar-refractivity contribution is 5.28. The Hall–Kier alpha value is -1.18. The molecule has 1 rings (SSSR count). The molecule has 0 aromatic heterocycles. The molecular weight excluding hydrogens is 220 g/mol. The molecule has 0 amide bonds. The third-order valence-electron chi connectivity index (χ3n) is 1.61. The van der Waals surface area contributed by atoms with Crippen LogP contribution in [-0.4, -0.2) is 15.3 Å². The number of rotatable bonds is 1. The number of aliphatic hydroxyl groups is 3. The summed E-state index contributed by atoms with van der Waals surface area (Å²) in [7, 11) is 0. The molecule has 15 heavy (non-hydrogen) atoms. The van der Waals surface area contributed by atoms with Gasteiger partial charge in [-0.1, -0.05) is 0 Å². The van der Waals surface area contributed by atoms with Crippen LogP contribution in [0.15, 0.2) is 18.2 Å². The molecule has 0 saturated carbocycles. The Labute approximate surface area is 81.2 Å². The highest BCUT2D eigenvalue weighted by atomic mass is 19.4. The lowest BCUT2D eigenvalue weighted by molar-refractivity contribution is -0.324. The molecule has 0 aliphatic heterocycles. The third-order valence-corrected chi connectivity index (χ3v) is 1.61. The molecule has 0 spiro atoms. The fourth-order valence-electron chi connectivity index (χ4n) is 0.947. The Morgan fingerprint density at radius 2 is 1.33 bits per heavy atom. The van der Waals surface area contributed by atoms with E-state index in [4.69, 9.17) is 15.3 Å². The predicted octanol–water partition coefficient (Wildman–Crippen LogP) is 0.932. The standard InChI is InChI=1S/C8H6F4O3/c9-6-2-4(7(10,11)12)1-5(3-6)8(13,14)15/h1-3,13-15H. The fraction of sp³-hybridized carbons (Fsp3) is 0.250. The first-order valence-electron chi connectivity index (χ1n) is 3.66. The van der Waals surface area contributed by atoms with Crippen LogP contribution in [0, 0.1) is 5.82 Å². The van der Waals surface area contributed by atoms with Crippen LogP contribution in [0.5, 0.6) is 0 Å². The Morgan fingerprint density at radius 1 is 0.867 bits per heavy atom. The minimum atomic E-state index is -4.83. The maximum Gasteiger partial charge on any atom is 0.416 e. The summed E-state index contributed by atoms with van der Waals surface area (Å²) >= 11 is 0. The summed E-state index contributed by atoms with van der Waals surface area (Å²) in [6.07, 6.45) is -4.83. The number of hydrogen-bond donors (Lipinski definition) is 3. The molecule has 0 heterocycles. The molecule has 0 radical (unpaired) electrons. The van der Waals surface area contributed by atoms with Gasteiger partial charge in [-0.15, -0.1) is 0 Å². The monoisotopic (exact) mass is 226 g/mol. The van der Waals surface area contributed by atoms with E-state index in [2.05, 4.69) is 0 Å². The van der Waals surface area contributed by atoms with Crippen LogP contribution in [0.25, 0.3) is 0 Å². The molecule has 0 aliphatic carbocycles. The number of halogens is 4. The van der Waals surface area contributed by atoms with Crippen molar-refractivity contribution >= 4 is 0 Å². The van der Waals surface area contributed by atoms with Crippen molar-refractivity contribution in [1.29, 1.82) is 0 Å². The van der Waals surface area contributed by atoms with E-state index >= 15 is 0 Å². The lowest BCUT2D eigenvalue weighted by Crippen LogP contribution is -2.24. The van der Waals surface area contributed by atoms with E-state index in [9.17, 15) is 17.6 Å². The lowest BCUT2D eigenvalue weighted by Gasteiger charge is -2.16. The number of hydrogen-bond acceptors (Lipinski definition) is 3. The third kappa shape index (κ3) is 2.88. The zero-order valence-corrected chi connectivity index (χ0v) is 7.09. The van der Waals surface area contributed by atoms with Crippen LogP contribution < -0.4 is 0 Å². The van der Waals surface area contributed by atoms with E-state index in [1.54, 1.807) is 0 Å². The Kier molecular flexibility index (Phi) is 2.73. The van der Waals surface area contributed by atoms with Gasteiger partial charge >= 0.3 is 12.1 Å². The molecule has 0 saturated heterocycles. The maximum atomic E-state index is 12.7. The minimum Gasteiger partial charge on any atom is -0.340 e. The summed E-state index contributed by atoms with van der Waals surface area (Å²) in [5.74, 6) is -4.83. The predicted molar refractivity (Wildman–Crippen MR) is 39.7 cm³/mol. The molecule has 7 heteroatoms. The van der Waals surface area contributed by atoms with Gasteiger partial charge in [0.15, 0.2) is 0 Å². The fourth-order valence-corrected chi connectivity index (χ4v) is 0.947. The van der Waals surface area contributed by atoms with Gasteiger partial charge in [-0.2, -0.15) is 13.2 Å². The second-order valence-electron chi connectivity index (χ2n) is 2.86. The number of benzene rings is 1. The molecule has 1 aromatic carbocycles. The van der Waals surface area contributed by atoms with Gasteiger partial charge in [-0.05, 0) is 18.2 Å². The highest BCUT2D eigenvalue weighted by Gasteiger charge is 2.34. The van der Waals surface area contributed by atoms with Crippen LogP contribution in [0.3, 0.4) is 0 Å². The zero-order chi connectivity index (χ0) is 11.9. The average Bonchev–Trinajstić information content (AvgIpc) is 1.99. The first-order chi connectivity index (χ1) is 6.60. The van der Waals surface area contributed by atoms with Crippen LogP contribution in [0.4, 0.5) is 17.6 Å². The summed E-state index contributed by atoms with van der Waals surface area (Å²) in [4.78, 5) is 0. The van der Waals surface area contributed by atoms with E-state index in [1.165, 1.54) is 0 Å². The molecule has 3 nitrogen and oxygen atoms in total. The molecule has 1 aromatic rings. The normalized spacial score (nSPS) is 13.0. The molecule has 0 atom stereocenters. The van der Waals surface area contributed by atoms with Crippen LogP contribution >= 0.6 is 0 Å². The Morgan fingerprint density at radius 3 is 1.73 bits per heavy atom. The summed E-state index contributed by atoms with van der Waals surface area (Å²) in [5, 5.41) is 25.7. The minimum absolute atomic E-state index is 0.176.